The van der Waals surface area contributed by atoms with Crippen LogP contribution in [-0.2, 0) is 9.59 Å². The Balaban J connectivity index is 2.45. The number of carboxylic acids is 1. The Morgan fingerprint density at radius 2 is 1.94 bits per heavy atom. The van der Waals surface area contributed by atoms with Gasteiger partial charge in [-0.05, 0) is 18.3 Å². The standard InChI is InChI=1S/C11H20N2O3/c1-10(2,3)7(12)8(14)13-6-11(4-5-11)9(15)16/h7H,4-6,12H2,1-3H3,(H,13,14)(H,15,16). The van der Waals surface area contributed by atoms with E-state index in [4.69, 9.17) is 10.8 Å². The van der Waals surface area contributed by atoms with E-state index < -0.39 is 17.4 Å². The van der Waals surface area contributed by atoms with Crippen LogP contribution >= 0.6 is 0 Å². The molecular formula is C11H20N2O3. The lowest BCUT2D eigenvalue weighted by atomic mass is 9.87. The van der Waals surface area contributed by atoms with Crippen LogP contribution in [0.3, 0.4) is 0 Å². The summed E-state index contributed by atoms with van der Waals surface area (Å²) >= 11 is 0. The van der Waals surface area contributed by atoms with Crippen LogP contribution in [0.4, 0.5) is 0 Å². The molecule has 1 unspecified atom stereocenters. The topological polar surface area (TPSA) is 92.4 Å². The normalized spacial score (nSPS) is 20.0. The van der Waals surface area contributed by atoms with E-state index in [1.807, 2.05) is 20.8 Å². The van der Waals surface area contributed by atoms with E-state index in [9.17, 15) is 9.59 Å². The first-order chi connectivity index (χ1) is 7.19. The fourth-order valence-corrected chi connectivity index (χ4v) is 1.38. The average Bonchev–Trinajstić information content (AvgIpc) is 2.92. The number of hydrogen-bond donors (Lipinski definition) is 3. The molecule has 0 bridgehead atoms. The Labute approximate surface area is 95.4 Å². The van der Waals surface area contributed by atoms with Gasteiger partial charge >= 0.3 is 5.97 Å². The lowest BCUT2D eigenvalue weighted by Gasteiger charge is -2.26. The van der Waals surface area contributed by atoms with Crippen molar-refractivity contribution < 1.29 is 14.7 Å². The largest absolute Gasteiger partial charge is 0.481 e. The first-order valence-corrected chi connectivity index (χ1v) is 5.46. The van der Waals surface area contributed by atoms with Crippen LogP contribution in [0.5, 0.6) is 0 Å². The number of carbonyl (C=O) groups is 2. The summed E-state index contributed by atoms with van der Waals surface area (Å²) in [7, 11) is 0. The maximum atomic E-state index is 11.7. The molecule has 92 valence electrons. The molecule has 0 spiro atoms. The Bertz CT molecular complexity index is 303. The zero-order chi connectivity index (χ0) is 12.6. The molecule has 16 heavy (non-hydrogen) atoms. The number of rotatable bonds is 4. The summed E-state index contributed by atoms with van der Waals surface area (Å²) in [5.41, 5.74) is 4.72. The Kier molecular flexibility index (Phi) is 3.28. The fourth-order valence-electron chi connectivity index (χ4n) is 1.38. The van der Waals surface area contributed by atoms with E-state index in [1.165, 1.54) is 0 Å². The van der Waals surface area contributed by atoms with Gasteiger partial charge in [0.05, 0.1) is 11.5 Å². The molecule has 0 aromatic rings. The molecule has 1 fully saturated rings. The lowest BCUT2D eigenvalue weighted by molar-refractivity contribution is -0.143. The molecule has 0 radical (unpaired) electrons. The van der Waals surface area contributed by atoms with Crippen molar-refractivity contribution in [1.82, 2.24) is 5.32 Å². The van der Waals surface area contributed by atoms with E-state index in [2.05, 4.69) is 5.32 Å². The number of amides is 1. The third-order valence-electron chi connectivity index (χ3n) is 3.12. The van der Waals surface area contributed by atoms with Gasteiger partial charge < -0.3 is 16.2 Å². The molecule has 1 aliphatic rings. The number of carboxylic acid groups (broad SMARTS) is 1. The van der Waals surface area contributed by atoms with Crippen LogP contribution in [0, 0.1) is 10.8 Å². The van der Waals surface area contributed by atoms with Gasteiger partial charge in [0.2, 0.25) is 5.91 Å². The minimum atomic E-state index is -0.836. The van der Waals surface area contributed by atoms with Gasteiger partial charge in [-0.2, -0.15) is 0 Å². The highest BCUT2D eigenvalue weighted by molar-refractivity contribution is 5.84. The van der Waals surface area contributed by atoms with Crippen LogP contribution < -0.4 is 11.1 Å². The Hall–Kier alpha value is -1.10. The zero-order valence-corrected chi connectivity index (χ0v) is 10.0. The van der Waals surface area contributed by atoms with E-state index in [-0.39, 0.29) is 17.9 Å². The summed E-state index contributed by atoms with van der Waals surface area (Å²) in [4.78, 5) is 22.5. The molecule has 0 saturated heterocycles. The van der Waals surface area contributed by atoms with E-state index in [0.29, 0.717) is 12.8 Å². The molecule has 1 saturated carbocycles. The molecule has 5 heteroatoms. The molecule has 1 atom stereocenters. The minimum Gasteiger partial charge on any atom is -0.481 e. The first-order valence-electron chi connectivity index (χ1n) is 5.46. The second kappa shape index (κ2) is 4.05. The highest BCUT2D eigenvalue weighted by Gasteiger charge is 2.50. The van der Waals surface area contributed by atoms with E-state index >= 15 is 0 Å². The van der Waals surface area contributed by atoms with Crippen LogP contribution in [0.2, 0.25) is 0 Å². The second-order valence-electron chi connectivity index (χ2n) is 5.65. The van der Waals surface area contributed by atoms with Crippen LogP contribution in [0.15, 0.2) is 0 Å². The predicted octanol–water partition coefficient (Wildman–Crippen LogP) is 0.341. The highest BCUT2D eigenvalue weighted by atomic mass is 16.4. The van der Waals surface area contributed by atoms with Gasteiger partial charge in [0.15, 0.2) is 0 Å². The lowest BCUT2D eigenvalue weighted by Crippen LogP contribution is -2.50. The highest BCUT2D eigenvalue weighted by Crippen LogP contribution is 2.45. The average molecular weight is 228 g/mol. The van der Waals surface area contributed by atoms with Crippen molar-refractivity contribution >= 4 is 11.9 Å². The molecule has 4 N–H and O–H groups in total. The smallest absolute Gasteiger partial charge is 0.311 e. The molecular weight excluding hydrogens is 208 g/mol. The first kappa shape index (κ1) is 13.0. The molecule has 0 aliphatic heterocycles. The summed E-state index contributed by atoms with van der Waals surface area (Å²) < 4.78 is 0. The predicted molar refractivity (Wildman–Crippen MR) is 59.7 cm³/mol. The molecule has 0 aromatic heterocycles. The minimum absolute atomic E-state index is 0.185. The summed E-state index contributed by atoms with van der Waals surface area (Å²) in [6.07, 6.45) is 1.26. The molecule has 0 heterocycles. The second-order valence-corrected chi connectivity index (χ2v) is 5.65. The maximum absolute atomic E-state index is 11.7. The quantitative estimate of drug-likeness (QED) is 0.647. The maximum Gasteiger partial charge on any atom is 0.311 e. The van der Waals surface area contributed by atoms with Crippen molar-refractivity contribution in [3.05, 3.63) is 0 Å². The summed E-state index contributed by atoms with van der Waals surface area (Å²) in [5, 5.41) is 11.6. The van der Waals surface area contributed by atoms with Crippen molar-refractivity contribution in [3.63, 3.8) is 0 Å². The number of aliphatic carboxylic acids is 1. The van der Waals surface area contributed by atoms with Gasteiger partial charge in [0.25, 0.3) is 0 Å². The third kappa shape index (κ3) is 2.72. The fraction of sp³-hybridized carbons (Fsp3) is 0.818. The molecule has 5 nitrogen and oxygen atoms in total. The zero-order valence-electron chi connectivity index (χ0n) is 10.0. The monoisotopic (exact) mass is 228 g/mol. The third-order valence-corrected chi connectivity index (χ3v) is 3.12. The van der Waals surface area contributed by atoms with Crippen molar-refractivity contribution in [2.45, 2.75) is 39.7 Å². The summed E-state index contributed by atoms with van der Waals surface area (Å²) in [6.45, 7) is 5.81. The number of nitrogens with two attached hydrogens (primary N) is 1. The van der Waals surface area contributed by atoms with Crippen LogP contribution in [0.1, 0.15) is 33.6 Å². The van der Waals surface area contributed by atoms with Gasteiger partial charge in [-0.25, -0.2) is 0 Å². The number of nitrogens with one attached hydrogen (secondary N) is 1. The number of hydrogen-bond acceptors (Lipinski definition) is 3. The SMILES string of the molecule is CC(C)(C)C(N)C(=O)NCC1(C(=O)O)CC1. The van der Waals surface area contributed by atoms with Gasteiger partial charge in [0, 0.05) is 6.54 Å². The van der Waals surface area contributed by atoms with Crippen LogP contribution in [0.25, 0.3) is 0 Å². The van der Waals surface area contributed by atoms with Crippen LogP contribution in [-0.4, -0.2) is 29.6 Å². The van der Waals surface area contributed by atoms with Crippen molar-refractivity contribution in [2.75, 3.05) is 6.54 Å². The Morgan fingerprint density at radius 3 is 2.25 bits per heavy atom. The molecule has 1 rings (SSSR count). The van der Waals surface area contributed by atoms with Gasteiger partial charge in [-0.15, -0.1) is 0 Å². The molecule has 1 amide bonds. The molecule has 0 aromatic carbocycles. The van der Waals surface area contributed by atoms with Gasteiger partial charge in [0.1, 0.15) is 0 Å². The molecule has 1 aliphatic carbocycles. The van der Waals surface area contributed by atoms with Gasteiger partial charge in [-0.1, -0.05) is 20.8 Å². The van der Waals surface area contributed by atoms with Crippen molar-refractivity contribution in [2.24, 2.45) is 16.6 Å². The summed E-state index contributed by atoms with van der Waals surface area (Å²) in [5.74, 6) is -1.11. The van der Waals surface area contributed by atoms with Crippen molar-refractivity contribution in [1.29, 1.82) is 0 Å². The number of carbonyl (C=O) groups excluding carboxylic acids is 1. The summed E-state index contributed by atoms with van der Waals surface area (Å²) in [6, 6.07) is -0.614. The van der Waals surface area contributed by atoms with E-state index in [0.717, 1.165) is 0 Å². The van der Waals surface area contributed by atoms with Gasteiger partial charge in [-0.3, -0.25) is 9.59 Å². The van der Waals surface area contributed by atoms with E-state index in [1.54, 1.807) is 0 Å². The van der Waals surface area contributed by atoms with Crippen molar-refractivity contribution in [3.8, 4) is 0 Å². The Morgan fingerprint density at radius 1 is 1.44 bits per heavy atom.